The summed E-state index contributed by atoms with van der Waals surface area (Å²) in [4.78, 5) is 0. The van der Waals surface area contributed by atoms with Crippen LogP contribution in [0, 0.1) is 5.82 Å². The molecule has 0 saturated heterocycles. The van der Waals surface area contributed by atoms with E-state index in [9.17, 15) is 4.39 Å². The second-order valence-electron chi connectivity index (χ2n) is 4.32. The van der Waals surface area contributed by atoms with Gasteiger partial charge < -0.3 is 5.32 Å². The Kier molecular flexibility index (Phi) is 4.10. The van der Waals surface area contributed by atoms with Gasteiger partial charge in [-0.15, -0.1) is 0 Å². The van der Waals surface area contributed by atoms with Gasteiger partial charge in [-0.2, -0.15) is 5.10 Å². The molecule has 1 N–H and O–H groups in total. The van der Waals surface area contributed by atoms with Gasteiger partial charge in [0.1, 0.15) is 5.82 Å². The van der Waals surface area contributed by atoms with Gasteiger partial charge in [0.15, 0.2) is 0 Å². The number of hydrogen-bond acceptors (Lipinski definition) is 2. The lowest BCUT2D eigenvalue weighted by molar-refractivity contribution is 0.603. The van der Waals surface area contributed by atoms with Crippen molar-refractivity contribution in [1.29, 1.82) is 0 Å². The second-order valence-corrected chi connectivity index (χ2v) is 4.32. The molecular formula is C14H18FN3. The molecule has 0 unspecified atom stereocenters. The van der Waals surface area contributed by atoms with Crippen molar-refractivity contribution in [3.05, 3.63) is 42.0 Å². The minimum absolute atomic E-state index is 0.204. The van der Waals surface area contributed by atoms with E-state index in [0.717, 1.165) is 29.7 Å². The molecule has 96 valence electrons. The summed E-state index contributed by atoms with van der Waals surface area (Å²) in [5.74, 6) is -0.204. The molecule has 0 radical (unpaired) electrons. The van der Waals surface area contributed by atoms with Crippen molar-refractivity contribution in [1.82, 2.24) is 15.1 Å². The first-order valence-electron chi connectivity index (χ1n) is 6.20. The summed E-state index contributed by atoms with van der Waals surface area (Å²) < 4.78 is 15.2. The summed E-state index contributed by atoms with van der Waals surface area (Å²) >= 11 is 0. The summed E-state index contributed by atoms with van der Waals surface area (Å²) in [6.07, 6.45) is 4.89. The standard InChI is InChI=1S/C14H18FN3/c1-3-6-18-10-12(9-17-18)14-5-4-13(15)7-11(14)8-16-2/h4-5,7,9-10,16H,3,6,8H2,1-2H3. The fourth-order valence-electron chi connectivity index (χ4n) is 2.03. The molecule has 4 heteroatoms. The number of nitrogens with one attached hydrogen (secondary N) is 1. The molecule has 0 atom stereocenters. The van der Waals surface area contributed by atoms with E-state index in [1.165, 1.54) is 6.07 Å². The Morgan fingerprint density at radius 3 is 2.94 bits per heavy atom. The smallest absolute Gasteiger partial charge is 0.123 e. The maximum absolute atomic E-state index is 13.3. The summed E-state index contributed by atoms with van der Waals surface area (Å²) in [6.45, 7) is 3.67. The number of nitrogens with zero attached hydrogens (tertiary/aromatic N) is 2. The van der Waals surface area contributed by atoms with Crippen molar-refractivity contribution in [2.45, 2.75) is 26.4 Å². The maximum Gasteiger partial charge on any atom is 0.123 e. The Labute approximate surface area is 107 Å². The van der Waals surface area contributed by atoms with Crippen molar-refractivity contribution in [2.75, 3.05) is 7.05 Å². The first kappa shape index (κ1) is 12.8. The molecule has 2 rings (SSSR count). The van der Waals surface area contributed by atoms with Crippen molar-refractivity contribution in [3.8, 4) is 11.1 Å². The first-order chi connectivity index (χ1) is 8.74. The molecule has 0 bridgehead atoms. The molecule has 18 heavy (non-hydrogen) atoms. The molecular weight excluding hydrogens is 229 g/mol. The number of aromatic nitrogens is 2. The minimum Gasteiger partial charge on any atom is -0.316 e. The Bertz CT molecular complexity index is 520. The molecule has 0 amide bonds. The zero-order valence-corrected chi connectivity index (χ0v) is 10.8. The normalized spacial score (nSPS) is 10.8. The van der Waals surface area contributed by atoms with Crippen LogP contribution in [0.1, 0.15) is 18.9 Å². The predicted molar refractivity (Wildman–Crippen MR) is 70.7 cm³/mol. The third kappa shape index (κ3) is 2.76. The number of benzene rings is 1. The number of halogens is 1. The van der Waals surface area contributed by atoms with Gasteiger partial charge >= 0.3 is 0 Å². The zero-order chi connectivity index (χ0) is 13.0. The Balaban J connectivity index is 2.35. The number of rotatable bonds is 5. The van der Waals surface area contributed by atoms with Crippen LogP contribution in [0.3, 0.4) is 0 Å². The van der Waals surface area contributed by atoms with E-state index in [2.05, 4.69) is 17.3 Å². The van der Waals surface area contributed by atoms with Crippen LogP contribution < -0.4 is 5.32 Å². The van der Waals surface area contributed by atoms with Gasteiger partial charge in [-0.05, 0) is 36.7 Å². The molecule has 0 aliphatic carbocycles. The predicted octanol–water partition coefficient (Wildman–Crippen LogP) is 2.82. The van der Waals surface area contributed by atoms with Crippen molar-refractivity contribution < 1.29 is 4.39 Å². The summed E-state index contributed by atoms with van der Waals surface area (Å²) in [6, 6.07) is 4.88. The van der Waals surface area contributed by atoms with E-state index < -0.39 is 0 Å². The summed E-state index contributed by atoms with van der Waals surface area (Å²) in [5.41, 5.74) is 3.02. The second kappa shape index (κ2) is 5.78. The molecule has 3 nitrogen and oxygen atoms in total. The van der Waals surface area contributed by atoms with E-state index in [-0.39, 0.29) is 5.82 Å². The maximum atomic E-state index is 13.3. The number of aryl methyl sites for hydroxylation is 1. The number of hydrogen-bond donors (Lipinski definition) is 1. The summed E-state index contributed by atoms with van der Waals surface area (Å²) in [5, 5.41) is 7.37. The molecule has 0 fully saturated rings. The molecule has 1 heterocycles. The lowest BCUT2D eigenvalue weighted by atomic mass is 10.0. The monoisotopic (exact) mass is 247 g/mol. The lowest BCUT2D eigenvalue weighted by Crippen LogP contribution is -2.06. The lowest BCUT2D eigenvalue weighted by Gasteiger charge is -2.07. The highest BCUT2D eigenvalue weighted by Gasteiger charge is 2.08. The minimum atomic E-state index is -0.204. The van der Waals surface area contributed by atoms with E-state index in [0.29, 0.717) is 6.54 Å². The van der Waals surface area contributed by atoms with Gasteiger partial charge in [-0.3, -0.25) is 4.68 Å². The molecule has 0 spiro atoms. The van der Waals surface area contributed by atoms with E-state index in [4.69, 9.17) is 0 Å². The molecule has 0 aliphatic rings. The van der Waals surface area contributed by atoms with E-state index >= 15 is 0 Å². The topological polar surface area (TPSA) is 29.9 Å². The molecule has 1 aromatic carbocycles. The molecule has 0 saturated carbocycles. The van der Waals surface area contributed by atoms with Gasteiger partial charge in [0, 0.05) is 24.8 Å². The van der Waals surface area contributed by atoms with Gasteiger partial charge in [0.2, 0.25) is 0 Å². The van der Waals surface area contributed by atoms with E-state index in [1.54, 1.807) is 6.07 Å². The highest BCUT2D eigenvalue weighted by atomic mass is 19.1. The van der Waals surface area contributed by atoms with Crippen LogP contribution in [-0.4, -0.2) is 16.8 Å². The average Bonchev–Trinajstić information content (AvgIpc) is 2.79. The fourth-order valence-corrected chi connectivity index (χ4v) is 2.03. The fraction of sp³-hybridized carbons (Fsp3) is 0.357. The SMILES string of the molecule is CCCn1cc(-c2ccc(F)cc2CNC)cn1. The highest BCUT2D eigenvalue weighted by Crippen LogP contribution is 2.24. The quantitative estimate of drug-likeness (QED) is 0.880. The Hall–Kier alpha value is -1.68. The van der Waals surface area contributed by atoms with Crippen LogP contribution in [0.25, 0.3) is 11.1 Å². The van der Waals surface area contributed by atoms with Crippen molar-refractivity contribution in [3.63, 3.8) is 0 Å². The van der Waals surface area contributed by atoms with Gasteiger partial charge in [-0.25, -0.2) is 4.39 Å². The van der Waals surface area contributed by atoms with Gasteiger partial charge in [0.25, 0.3) is 0 Å². The van der Waals surface area contributed by atoms with Crippen LogP contribution in [-0.2, 0) is 13.1 Å². The molecule has 0 aliphatic heterocycles. The third-order valence-electron chi connectivity index (χ3n) is 2.83. The van der Waals surface area contributed by atoms with Crippen LogP contribution in [0.2, 0.25) is 0 Å². The van der Waals surface area contributed by atoms with Crippen molar-refractivity contribution >= 4 is 0 Å². The van der Waals surface area contributed by atoms with Crippen LogP contribution in [0.15, 0.2) is 30.6 Å². The highest BCUT2D eigenvalue weighted by molar-refractivity contribution is 5.66. The van der Waals surface area contributed by atoms with Crippen LogP contribution in [0.4, 0.5) is 4.39 Å². The molecule has 1 aromatic heterocycles. The molecule has 2 aromatic rings. The summed E-state index contributed by atoms with van der Waals surface area (Å²) in [7, 11) is 1.86. The zero-order valence-electron chi connectivity index (χ0n) is 10.8. The van der Waals surface area contributed by atoms with Gasteiger partial charge in [0.05, 0.1) is 6.20 Å². The average molecular weight is 247 g/mol. The third-order valence-corrected chi connectivity index (χ3v) is 2.83. The first-order valence-corrected chi connectivity index (χ1v) is 6.20. The van der Waals surface area contributed by atoms with Crippen LogP contribution >= 0.6 is 0 Å². The van der Waals surface area contributed by atoms with Gasteiger partial charge in [-0.1, -0.05) is 13.0 Å². The van der Waals surface area contributed by atoms with E-state index in [1.807, 2.05) is 30.2 Å². The largest absolute Gasteiger partial charge is 0.316 e. The Morgan fingerprint density at radius 1 is 1.39 bits per heavy atom. The van der Waals surface area contributed by atoms with Crippen LogP contribution in [0.5, 0.6) is 0 Å². The Morgan fingerprint density at radius 2 is 2.22 bits per heavy atom. The van der Waals surface area contributed by atoms with Crippen molar-refractivity contribution in [2.24, 2.45) is 0 Å².